The molecule has 0 aromatic heterocycles. The largest absolute Gasteiger partial charge is 0.508 e. The van der Waals surface area contributed by atoms with Crippen LogP contribution in [-0.4, -0.2) is 40.2 Å². The van der Waals surface area contributed by atoms with Gasteiger partial charge < -0.3 is 20.3 Å². The number of carbonyl (C=O) groups is 2. The van der Waals surface area contributed by atoms with Gasteiger partial charge in [-0.25, -0.2) is 4.39 Å². The van der Waals surface area contributed by atoms with E-state index in [1.54, 1.807) is 18.4 Å². The molecule has 1 heterocycles. The minimum atomic E-state index is -1.51. The molecule has 2 aromatic carbocycles. The zero-order valence-electron chi connectivity index (χ0n) is 20.8. The number of phenols is 1. The van der Waals surface area contributed by atoms with Crippen LogP contribution in [0.2, 0.25) is 0 Å². The van der Waals surface area contributed by atoms with Gasteiger partial charge in [0.05, 0.1) is 24.2 Å². The molecule has 36 heavy (non-hydrogen) atoms. The molecule has 1 amide bonds. The first-order valence-electron chi connectivity index (χ1n) is 12.1. The molecule has 2 aromatic rings. The molecular weight excluding hydrogens is 461 g/mol. The van der Waals surface area contributed by atoms with Gasteiger partial charge in [0.15, 0.2) is 5.78 Å². The third kappa shape index (κ3) is 5.85. The van der Waals surface area contributed by atoms with Gasteiger partial charge in [-0.1, -0.05) is 55.8 Å². The lowest BCUT2D eigenvalue weighted by molar-refractivity contribution is -0.132. The quantitative estimate of drug-likeness (QED) is 0.516. The maximum atomic E-state index is 14.0. The van der Waals surface area contributed by atoms with Crippen molar-refractivity contribution in [2.45, 2.75) is 57.1 Å². The van der Waals surface area contributed by atoms with E-state index in [1.807, 2.05) is 45.0 Å². The lowest BCUT2D eigenvalue weighted by Gasteiger charge is -2.37. The van der Waals surface area contributed by atoms with Crippen LogP contribution in [0.25, 0.3) is 0 Å². The Labute approximate surface area is 210 Å². The average molecular weight is 494 g/mol. The summed E-state index contributed by atoms with van der Waals surface area (Å²) in [6.07, 6.45) is 5.02. The number of rotatable bonds is 8. The highest BCUT2D eigenvalue weighted by atomic mass is 19.1. The number of hydrogen-bond acceptors (Lipinski definition) is 5. The molecule has 2 aliphatic rings. The van der Waals surface area contributed by atoms with Crippen LogP contribution in [0.4, 0.5) is 4.39 Å². The molecule has 0 fully saturated rings. The molecule has 3 atom stereocenters. The van der Waals surface area contributed by atoms with Gasteiger partial charge in [-0.15, -0.1) is 0 Å². The van der Waals surface area contributed by atoms with E-state index in [4.69, 9.17) is 4.74 Å². The summed E-state index contributed by atoms with van der Waals surface area (Å²) in [5.74, 6) is -1.79. The number of Topliss-reactive ketones (excluding diaryl/α,β-unsaturated/α-hetero) is 1. The van der Waals surface area contributed by atoms with Gasteiger partial charge in [0.2, 0.25) is 5.91 Å². The Morgan fingerprint density at radius 1 is 1.22 bits per heavy atom. The fraction of sp³-hybridized carbons (Fsp3) is 0.379. The van der Waals surface area contributed by atoms with Gasteiger partial charge in [0.25, 0.3) is 0 Å². The second-order valence-corrected chi connectivity index (χ2v) is 10.6. The predicted molar refractivity (Wildman–Crippen MR) is 134 cm³/mol. The molecule has 4 rings (SSSR count). The molecule has 0 bridgehead atoms. The van der Waals surface area contributed by atoms with Crippen molar-refractivity contribution in [3.63, 3.8) is 0 Å². The fourth-order valence-electron chi connectivity index (χ4n) is 5.26. The topological polar surface area (TPSA) is 95.9 Å². The van der Waals surface area contributed by atoms with Crippen molar-refractivity contribution in [1.29, 1.82) is 0 Å². The summed E-state index contributed by atoms with van der Waals surface area (Å²) in [4.78, 5) is 26.0. The molecular formula is C29H32FNO5. The smallest absolute Gasteiger partial charge is 0.223 e. The van der Waals surface area contributed by atoms with E-state index in [9.17, 15) is 24.2 Å². The standard InChI is InChI=1S/C29H32FNO5/c1-18-5-4-6-19(9-18)13-29(35,17-28(2,3)21-10-22(30)12-23(32)11-21)14-26(33)31-25-8-7-20-15-36-16-24(20)27(25)34/h4-12,15,24-25,32,35H,13-14,16-17H2,1-3H3,(H,31,33). The number of ether oxygens (including phenoxy) is 1. The predicted octanol–water partition coefficient (Wildman–Crippen LogP) is 4.03. The third-order valence-corrected chi connectivity index (χ3v) is 6.87. The summed E-state index contributed by atoms with van der Waals surface area (Å²) < 4.78 is 19.3. The first-order chi connectivity index (χ1) is 16.9. The summed E-state index contributed by atoms with van der Waals surface area (Å²) in [5.41, 5.74) is 0.895. The molecule has 3 unspecified atom stereocenters. The number of ketones is 1. The zero-order valence-corrected chi connectivity index (χ0v) is 20.8. The van der Waals surface area contributed by atoms with Gasteiger partial charge in [0.1, 0.15) is 24.2 Å². The number of allylic oxidation sites excluding steroid dienone is 1. The van der Waals surface area contributed by atoms with Crippen LogP contribution in [0.15, 0.2) is 66.5 Å². The number of benzene rings is 2. The summed E-state index contributed by atoms with van der Waals surface area (Å²) >= 11 is 0. The van der Waals surface area contributed by atoms with Gasteiger partial charge in [-0.3, -0.25) is 9.59 Å². The number of halogens is 1. The van der Waals surface area contributed by atoms with E-state index in [-0.39, 0.29) is 37.4 Å². The zero-order chi connectivity index (χ0) is 26.1. The number of carbonyl (C=O) groups excluding carboxylic acids is 2. The number of aromatic hydroxyl groups is 1. The van der Waals surface area contributed by atoms with E-state index in [2.05, 4.69) is 5.32 Å². The van der Waals surface area contributed by atoms with Crippen LogP contribution >= 0.6 is 0 Å². The van der Waals surface area contributed by atoms with Gasteiger partial charge in [0, 0.05) is 18.1 Å². The Morgan fingerprint density at radius 3 is 2.72 bits per heavy atom. The Kier molecular flexibility index (Phi) is 7.05. The van der Waals surface area contributed by atoms with Crippen LogP contribution in [0.3, 0.4) is 0 Å². The van der Waals surface area contributed by atoms with E-state index in [0.717, 1.165) is 22.8 Å². The highest BCUT2D eigenvalue weighted by Gasteiger charge is 2.40. The number of aryl methyl sites for hydroxylation is 1. The average Bonchev–Trinajstić information content (AvgIpc) is 3.24. The lowest BCUT2D eigenvalue weighted by Crippen LogP contribution is -2.48. The minimum absolute atomic E-state index is 0.113. The SMILES string of the molecule is Cc1cccc(CC(O)(CC(=O)NC2C=CC3=COCC3C2=O)CC(C)(C)c2cc(O)cc(F)c2)c1. The Morgan fingerprint density at radius 2 is 2.00 bits per heavy atom. The molecule has 7 heteroatoms. The summed E-state index contributed by atoms with van der Waals surface area (Å²) in [6, 6.07) is 10.7. The van der Waals surface area contributed by atoms with Gasteiger partial charge in [-0.05, 0) is 42.0 Å². The van der Waals surface area contributed by atoms with Crippen LogP contribution < -0.4 is 5.32 Å². The summed E-state index contributed by atoms with van der Waals surface area (Å²) in [6.45, 7) is 5.88. The van der Waals surface area contributed by atoms with E-state index in [0.29, 0.717) is 5.56 Å². The molecule has 0 radical (unpaired) electrons. The molecule has 0 saturated heterocycles. The molecule has 1 aliphatic carbocycles. The number of aliphatic hydroxyl groups is 1. The van der Waals surface area contributed by atoms with Crippen LogP contribution in [0, 0.1) is 18.7 Å². The Bertz CT molecular complexity index is 1210. The molecule has 1 aliphatic heterocycles. The van der Waals surface area contributed by atoms with Crippen LogP contribution in [0.5, 0.6) is 5.75 Å². The maximum Gasteiger partial charge on any atom is 0.223 e. The van der Waals surface area contributed by atoms with Crippen molar-refractivity contribution in [1.82, 2.24) is 5.32 Å². The normalized spacial score (nSPS) is 20.8. The first kappa shape index (κ1) is 25.6. The third-order valence-electron chi connectivity index (χ3n) is 6.87. The van der Waals surface area contributed by atoms with E-state index in [1.165, 1.54) is 12.1 Å². The minimum Gasteiger partial charge on any atom is -0.508 e. The van der Waals surface area contributed by atoms with Crippen LogP contribution in [-0.2, 0) is 26.2 Å². The highest BCUT2D eigenvalue weighted by Crippen LogP contribution is 2.37. The van der Waals surface area contributed by atoms with Crippen molar-refractivity contribution in [3.8, 4) is 5.75 Å². The summed E-state index contributed by atoms with van der Waals surface area (Å²) in [5, 5.41) is 24.5. The Balaban J connectivity index is 1.57. The summed E-state index contributed by atoms with van der Waals surface area (Å²) in [7, 11) is 0. The number of amides is 1. The van der Waals surface area contributed by atoms with E-state index < -0.39 is 34.7 Å². The van der Waals surface area contributed by atoms with Crippen molar-refractivity contribution >= 4 is 11.7 Å². The van der Waals surface area contributed by atoms with Crippen molar-refractivity contribution < 1.29 is 28.9 Å². The number of phenolic OH excluding ortho intramolecular Hbond substituents is 1. The van der Waals surface area contributed by atoms with Crippen molar-refractivity contribution in [2.24, 2.45) is 5.92 Å². The van der Waals surface area contributed by atoms with Crippen molar-refractivity contribution in [2.75, 3.05) is 6.61 Å². The number of nitrogens with one attached hydrogen (secondary N) is 1. The molecule has 0 spiro atoms. The highest BCUT2D eigenvalue weighted by molar-refractivity contribution is 5.96. The second kappa shape index (κ2) is 9.90. The maximum absolute atomic E-state index is 14.0. The van der Waals surface area contributed by atoms with Gasteiger partial charge >= 0.3 is 0 Å². The fourth-order valence-corrected chi connectivity index (χ4v) is 5.26. The molecule has 6 nitrogen and oxygen atoms in total. The second-order valence-electron chi connectivity index (χ2n) is 10.6. The lowest BCUT2D eigenvalue weighted by atomic mass is 9.72. The van der Waals surface area contributed by atoms with Crippen LogP contribution in [0.1, 0.15) is 43.4 Å². The number of hydrogen-bond donors (Lipinski definition) is 3. The molecule has 0 saturated carbocycles. The Hall–Kier alpha value is -3.45. The first-order valence-corrected chi connectivity index (χ1v) is 12.1. The van der Waals surface area contributed by atoms with Crippen molar-refractivity contribution in [3.05, 3.63) is 89.0 Å². The molecule has 190 valence electrons. The van der Waals surface area contributed by atoms with Gasteiger partial charge in [-0.2, -0.15) is 0 Å². The van der Waals surface area contributed by atoms with E-state index >= 15 is 0 Å². The number of fused-ring (bicyclic) bond motifs is 1. The monoisotopic (exact) mass is 493 g/mol. The molecule has 3 N–H and O–H groups in total.